The minimum absolute atomic E-state index is 0.0447. The van der Waals surface area contributed by atoms with Crippen molar-refractivity contribution in [3.63, 3.8) is 0 Å². The third-order valence-corrected chi connectivity index (χ3v) is 7.12. The maximum absolute atomic E-state index is 12.9. The molecule has 2 aliphatic rings. The molecular weight excluding hydrogens is 454 g/mol. The third kappa shape index (κ3) is 5.23. The van der Waals surface area contributed by atoms with Crippen LogP contribution in [-0.4, -0.2) is 61.4 Å². The van der Waals surface area contributed by atoms with E-state index in [-0.39, 0.29) is 17.4 Å². The fraction of sp³-hybridized carbons (Fsp3) is 0.464. The number of piperazine rings is 1. The molecule has 1 atom stereocenters. The van der Waals surface area contributed by atoms with E-state index in [0.29, 0.717) is 19.0 Å². The molecule has 3 heterocycles. The first-order valence-electron chi connectivity index (χ1n) is 12.7. The molecule has 1 amide bonds. The predicted octanol–water partition coefficient (Wildman–Crippen LogP) is 3.79. The molecule has 0 bridgehead atoms. The van der Waals surface area contributed by atoms with Crippen molar-refractivity contribution >= 4 is 28.3 Å². The minimum Gasteiger partial charge on any atom is -0.495 e. The lowest BCUT2D eigenvalue weighted by molar-refractivity contribution is -0.135. The number of para-hydroxylation sites is 3. The van der Waals surface area contributed by atoms with Gasteiger partial charge in [0.15, 0.2) is 5.82 Å². The van der Waals surface area contributed by atoms with Gasteiger partial charge in [-0.2, -0.15) is 0 Å². The number of benzene rings is 2. The first-order chi connectivity index (χ1) is 17.4. The molecule has 2 aliphatic heterocycles. The Kier molecular flexibility index (Phi) is 6.96. The molecule has 8 heteroatoms. The largest absolute Gasteiger partial charge is 0.495 e. The van der Waals surface area contributed by atoms with Gasteiger partial charge in [0.05, 0.1) is 30.5 Å². The zero-order valence-electron chi connectivity index (χ0n) is 21.4. The molecule has 0 saturated carbocycles. The number of hydrogen-bond acceptors (Lipinski definition) is 7. The van der Waals surface area contributed by atoms with Crippen LogP contribution in [0.15, 0.2) is 48.5 Å². The number of nitrogens with zero attached hydrogens (tertiary/aromatic N) is 4. The Balaban J connectivity index is 1.31. The van der Waals surface area contributed by atoms with Crippen LogP contribution in [0.4, 0.5) is 11.5 Å². The summed E-state index contributed by atoms with van der Waals surface area (Å²) in [5.41, 5.74) is 1.75. The zero-order chi connectivity index (χ0) is 25.1. The number of anilines is 2. The number of carbonyl (C=O) groups excluding carboxylic acids is 1. The second kappa shape index (κ2) is 10.3. The van der Waals surface area contributed by atoms with E-state index in [1.807, 2.05) is 50.2 Å². The number of aromatic nitrogens is 2. The zero-order valence-corrected chi connectivity index (χ0v) is 21.4. The van der Waals surface area contributed by atoms with E-state index in [1.165, 1.54) is 0 Å². The smallest absolute Gasteiger partial charge is 0.223 e. The highest BCUT2D eigenvalue weighted by atomic mass is 16.5. The first kappa shape index (κ1) is 24.3. The van der Waals surface area contributed by atoms with Gasteiger partial charge in [-0.05, 0) is 51.0 Å². The lowest BCUT2D eigenvalue weighted by atomic mass is 9.88. The number of fused-ring (bicyclic) bond motifs is 1. The van der Waals surface area contributed by atoms with Crippen LogP contribution in [0, 0.1) is 5.92 Å². The molecule has 190 valence electrons. The molecule has 2 fully saturated rings. The monoisotopic (exact) mass is 489 g/mol. The van der Waals surface area contributed by atoms with E-state index in [2.05, 4.69) is 27.2 Å². The molecule has 2 aromatic carbocycles. The number of rotatable bonds is 6. The topological polar surface area (TPSA) is 79.8 Å². The van der Waals surface area contributed by atoms with Crippen LogP contribution in [0.3, 0.4) is 0 Å². The van der Waals surface area contributed by atoms with Crippen molar-refractivity contribution in [3.8, 4) is 5.75 Å². The Morgan fingerprint density at radius 3 is 2.56 bits per heavy atom. The molecule has 0 unspecified atom stereocenters. The highest BCUT2D eigenvalue weighted by Crippen LogP contribution is 2.31. The van der Waals surface area contributed by atoms with Crippen LogP contribution in [0.2, 0.25) is 0 Å². The molecule has 0 spiro atoms. The molecule has 1 N–H and O–H groups in total. The molecule has 0 aliphatic carbocycles. The van der Waals surface area contributed by atoms with E-state index < -0.39 is 0 Å². The van der Waals surface area contributed by atoms with E-state index in [0.717, 1.165) is 67.2 Å². The van der Waals surface area contributed by atoms with Crippen LogP contribution in [0.1, 0.15) is 32.5 Å². The fourth-order valence-corrected chi connectivity index (χ4v) is 5.24. The van der Waals surface area contributed by atoms with Crippen LogP contribution >= 0.6 is 0 Å². The average molecular weight is 490 g/mol. The number of ether oxygens (including phenoxy) is 2. The standard InChI is InChI=1S/C28H35N5O3/c1-28(2)18-20(12-17-36-28)27(34)29-19-25-30-22-9-5-4-8-21(22)26(31-25)33-15-13-32(14-16-33)23-10-6-7-11-24(23)35-3/h4-11,20H,12-19H2,1-3H3,(H,29,34)/t20-/m1/s1. The normalized spacial score (nSPS) is 19.8. The van der Waals surface area contributed by atoms with Crippen molar-refractivity contribution in [2.75, 3.05) is 49.7 Å². The molecule has 1 aromatic heterocycles. The highest BCUT2D eigenvalue weighted by molar-refractivity contribution is 5.89. The van der Waals surface area contributed by atoms with Crippen molar-refractivity contribution in [3.05, 3.63) is 54.4 Å². The van der Waals surface area contributed by atoms with Gasteiger partial charge in [0, 0.05) is 44.1 Å². The van der Waals surface area contributed by atoms with Crippen molar-refractivity contribution in [1.29, 1.82) is 0 Å². The van der Waals surface area contributed by atoms with Gasteiger partial charge in [0.1, 0.15) is 11.6 Å². The number of carbonyl (C=O) groups is 1. The van der Waals surface area contributed by atoms with Crippen molar-refractivity contribution in [1.82, 2.24) is 15.3 Å². The molecule has 36 heavy (non-hydrogen) atoms. The third-order valence-electron chi connectivity index (χ3n) is 7.12. The number of nitrogens with one attached hydrogen (secondary N) is 1. The average Bonchev–Trinajstić information content (AvgIpc) is 2.90. The lowest BCUT2D eigenvalue weighted by Gasteiger charge is -2.37. The summed E-state index contributed by atoms with van der Waals surface area (Å²) in [5.74, 6) is 2.46. The molecule has 8 nitrogen and oxygen atoms in total. The summed E-state index contributed by atoms with van der Waals surface area (Å²) in [6, 6.07) is 16.2. The van der Waals surface area contributed by atoms with Gasteiger partial charge < -0.3 is 24.6 Å². The van der Waals surface area contributed by atoms with E-state index in [4.69, 9.17) is 19.4 Å². The maximum Gasteiger partial charge on any atom is 0.223 e. The predicted molar refractivity (Wildman–Crippen MR) is 142 cm³/mol. The van der Waals surface area contributed by atoms with E-state index >= 15 is 0 Å². The Hall–Kier alpha value is -3.39. The Morgan fingerprint density at radius 2 is 1.78 bits per heavy atom. The lowest BCUT2D eigenvalue weighted by Crippen LogP contribution is -2.47. The molecule has 2 saturated heterocycles. The summed E-state index contributed by atoms with van der Waals surface area (Å²) >= 11 is 0. The Bertz CT molecular complexity index is 1220. The van der Waals surface area contributed by atoms with E-state index in [9.17, 15) is 4.79 Å². The second-order valence-corrected chi connectivity index (χ2v) is 10.1. The summed E-state index contributed by atoms with van der Waals surface area (Å²) in [6.45, 7) is 8.41. The highest BCUT2D eigenvalue weighted by Gasteiger charge is 2.33. The SMILES string of the molecule is COc1ccccc1N1CCN(c2nc(CNC(=O)[C@@H]3CCOC(C)(C)C3)nc3ccccc23)CC1. The second-order valence-electron chi connectivity index (χ2n) is 10.1. The summed E-state index contributed by atoms with van der Waals surface area (Å²) < 4.78 is 11.3. The van der Waals surface area contributed by atoms with Gasteiger partial charge in [0.25, 0.3) is 0 Å². The van der Waals surface area contributed by atoms with Crippen molar-refractivity contribution in [2.24, 2.45) is 5.92 Å². The summed E-state index contributed by atoms with van der Waals surface area (Å²) in [7, 11) is 1.71. The Labute approximate surface area is 212 Å². The van der Waals surface area contributed by atoms with Gasteiger partial charge in [-0.25, -0.2) is 9.97 Å². The van der Waals surface area contributed by atoms with Gasteiger partial charge >= 0.3 is 0 Å². The summed E-state index contributed by atoms with van der Waals surface area (Å²) in [5, 5.41) is 4.11. The van der Waals surface area contributed by atoms with Gasteiger partial charge in [0.2, 0.25) is 5.91 Å². The van der Waals surface area contributed by atoms with Gasteiger partial charge in [-0.15, -0.1) is 0 Å². The quantitative estimate of drug-likeness (QED) is 0.564. The van der Waals surface area contributed by atoms with Crippen LogP contribution in [-0.2, 0) is 16.1 Å². The molecule has 3 aromatic rings. The van der Waals surface area contributed by atoms with Crippen molar-refractivity contribution in [2.45, 2.75) is 38.8 Å². The minimum atomic E-state index is -0.265. The van der Waals surface area contributed by atoms with Gasteiger partial charge in [-0.1, -0.05) is 24.3 Å². The number of hydrogen-bond donors (Lipinski definition) is 1. The maximum atomic E-state index is 12.9. The van der Waals surface area contributed by atoms with Crippen molar-refractivity contribution < 1.29 is 14.3 Å². The summed E-state index contributed by atoms with van der Waals surface area (Å²) in [4.78, 5) is 27.3. The van der Waals surface area contributed by atoms with Crippen LogP contribution in [0.5, 0.6) is 5.75 Å². The molecule has 5 rings (SSSR count). The first-order valence-corrected chi connectivity index (χ1v) is 12.7. The number of amides is 1. The molecular formula is C28H35N5O3. The Morgan fingerprint density at radius 1 is 1.06 bits per heavy atom. The fourth-order valence-electron chi connectivity index (χ4n) is 5.24. The van der Waals surface area contributed by atoms with Gasteiger partial charge in [-0.3, -0.25) is 4.79 Å². The van der Waals surface area contributed by atoms with Crippen LogP contribution < -0.4 is 19.9 Å². The number of methoxy groups -OCH3 is 1. The van der Waals surface area contributed by atoms with Crippen LogP contribution in [0.25, 0.3) is 10.9 Å². The van der Waals surface area contributed by atoms with E-state index in [1.54, 1.807) is 7.11 Å². The summed E-state index contributed by atoms with van der Waals surface area (Å²) in [6.07, 6.45) is 1.47. The molecule has 0 radical (unpaired) electrons.